The summed E-state index contributed by atoms with van der Waals surface area (Å²) >= 11 is 0. The molecule has 0 aromatic rings. The van der Waals surface area contributed by atoms with Crippen LogP contribution >= 0.6 is 0 Å². The minimum absolute atomic E-state index is 0.267. The van der Waals surface area contributed by atoms with E-state index in [0.29, 0.717) is 12.5 Å². The van der Waals surface area contributed by atoms with Gasteiger partial charge in [-0.15, -0.1) is 0 Å². The Morgan fingerprint density at radius 3 is 0.697 bits per heavy atom. The lowest BCUT2D eigenvalue weighted by molar-refractivity contribution is 0.134. The van der Waals surface area contributed by atoms with Crippen LogP contribution in [-0.2, 0) is 49.0 Å². The van der Waals surface area contributed by atoms with Crippen molar-refractivity contribution in [1.82, 2.24) is 0 Å². The first-order valence-corrected chi connectivity index (χ1v) is 23.2. The van der Waals surface area contributed by atoms with Crippen LogP contribution in [0.3, 0.4) is 0 Å². The van der Waals surface area contributed by atoms with Crippen LogP contribution in [0.25, 0.3) is 0 Å². The molecule has 0 aliphatic heterocycles. The van der Waals surface area contributed by atoms with Crippen LogP contribution in [0.1, 0.15) is 0 Å². The van der Waals surface area contributed by atoms with E-state index in [9.17, 15) is 0 Å². The molecule has 0 spiro atoms. The monoisotopic (exact) mass is 566 g/mol. The second kappa shape index (κ2) is 15.0. The molecule has 0 aromatic heterocycles. The van der Waals surface area contributed by atoms with Gasteiger partial charge in [0.15, 0.2) is 0 Å². The fourth-order valence-corrected chi connectivity index (χ4v) is 25.3. The lowest BCUT2D eigenvalue weighted by Gasteiger charge is -2.44. The van der Waals surface area contributed by atoms with Crippen LogP contribution in [0, 0.1) is 0 Å². The Bertz CT molecular complexity index is 513. The van der Waals surface area contributed by atoms with Crippen molar-refractivity contribution >= 4 is 42.8 Å². The van der Waals surface area contributed by atoms with Crippen LogP contribution in [0.2, 0.25) is 32.7 Å². The van der Waals surface area contributed by atoms with Crippen LogP contribution in [0.15, 0.2) is 0 Å². The molecule has 33 heavy (non-hydrogen) atoms. The zero-order valence-electron chi connectivity index (χ0n) is 22.5. The van der Waals surface area contributed by atoms with Crippen LogP contribution in [0.4, 0.5) is 0 Å². The molecule has 0 fully saturated rings. The molecule has 0 N–H and O–H groups in total. The van der Waals surface area contributed by atoms with E-state index in [4.69, 9.17) is 49.0 Å². The third kappa shape index (κ3) is 12.0. The molecule has 0 radical (unpaired) electrons. The van der Waals surface area contributed by atoms with Gasteiger partial charge in [-0.05, 0) is 32.7 Å². The van der Waals surface area contributed by atoms with Crippen molar-refractivity contribution in [1.29, 1.82) is 0 Å². The van der Waals surface area contributed by atoms with Crippen molar-refractivity contribution in [2.45, 2.75) is 32.7 Å². The first-order valence-electron chi connectivity index (χ1n) is 10.6. The molecule has 4 atom stereocenters. The zero-order chi connectivity index (χ0) is 25.8. The second-order valence-corrected chi connectivity index (χ2v) is 25.5. The third-order valence-corrected chi connectivity index (χ3v) is 24.2. The Hall–Kier alpha value is 0.644. The highest BCUT2D eigenvalue weighted by Gasteiger charge is 2.53. The van der Waals surface area contributed by atoms with Crippen molar-refractivity contribution in [2.75, 3.05) is 80.9 Å². The fraction of sp³-hybridized carbons (Fsp3) is 1.00. The highest BCUT2D eigenvalue weighted by atomic mass is 28.5. The van der Waals surface area contributed by atoms with Gasteiger partial charge in [-0.25, -0.2) is 0 Å². The van der Waals surface area contributed by atoms with Gasteiger partial charge in [0, 0.05) is 49.8 Å². The molecular formula is C17H46O11Si5. The van der Waals surface area contributed by atoms with E-state index in [2.05, 4.69) is 0 Å². The summed E-state index contributed by atoms with van der Waals surface area (Å²) in [6.07, 6.45) is 1.56. The smallest absolute Gasteiger partial charge is 0.352 e. The fourth-order valence-electron chi connectivity index (χ4n) is 3.64. The van der Waals surface area contributed by atoms with Crippen LogP contribution in [-0.4, -0.2) is 124 Å². The van der Waals surface area contributed by atoms with Gasteiger partial charge in [0.2, 0.25) is 0 Å². The minimum Gasteiger partial charge on any atom is -0.413 e. The summed E-state index contributed by atoms with van der Waals surface area (Å²) in [5.41, 5.74) is 0. The standard InChI is InChI=1S/C17H46O11Si5/c1-18-13-29(8,23-6)25-31(10,15-20-3)27-33(12,17-22-5)28-32(11,16-21-4)26-30(9,24-7)14-19-2/h13-17H2,1-12H3. The molecule has 0 bridgehead atoms. The summed E-state index contributed by atoms with van der Waals surface area (Å²) < 4.78 is 65.1. The Labute approximate surface area is 205 Å². The highest BCUT2D eigenvalue weighted by molar-refractivity contribution is 6.90. The molecule has 0 aliphatic rings. The normalized spacial score (nSPS) is 21.5. The maximum absolute atomic E-state index is 6.73. The SMILES string of the molecule is COC[Si](C)(OC)O[Si](C)(COC)O[Si](C)(COC)O[Si](C)(COC)O[Si](C)(COC)OC. The highest BCUT2D eigenvalue weighted by Crippen LogP contribution is 2.27. The molecule has 200 valence electrons. The first kappa shape index (κ1) is 33.6. The quantitative estimate of drug-likeness (QED) is 0.201. The number of methoxy groups -OCH3 is 5. The summed E-state index contributed by atoms with van der Waals surface area (Å²) in [5, 5.41) is 0. The molecule has 11 nitrogen and oxygen atoms in total. The zero-order valence-corrected chi connectivity index (χ0v) is 27.5. The van der Waals surface area contributed by atoms with Gasteiger partial charge >= 0.3 is 42.8 Å². The van der Waals surface area contributed by atoms with E-state index < -0.39 is 42.8 Å². The molecule has 16 heteroatoms. The molecule has 0 aliphatic carbocycles. The van der Waals surface area contributed by atoms with E-state index in [-0.39, 0.29) is 18.7 Å². The summed E-state index contributed by atoms with van der Waals surface area (Å²) in [6.45, 7) is 9.69. The molecule has 0 saturated carbocycles. The van der Waals surface area contributed by atoms with E-state index >= 15 is 0 Å². The van der Waals surface area contributed by atoms with Gasteiger partial charge in [-0.2, -0.15) is 0 Å². The molecule has 0 heterocycles. The van der Waals surface area contributed by atoms with E-state index in [1.807, 2.05) is 32.7 Å². The summed E-state index contributed by atoms with van der Waals surface area (Å²) in [7, 11) is -2.92. The summed E-state index contributed by atoms with van der Waals surface area (Å²) in [6, 6.07) is 0. The second-order valence-electron chi connectivity index (χ2n) is 8.65. The minimum atomic E-state index is -3.02. The Morgan fingerprint density at radius 1 is 0.333 bits per heavy atom. The van der Waals surface area contributed by atoms with Gasteiger partial charge in [0.05, 0.1) is 31.2 Å². The number of hydrogen-bond acceptors (Lipinski definition) is 11. The van der Waals surface area contributed by atoms with E-state index in [0.717, 1.165) is 0 Å². The first-order chi connectivity index (χ1) is 15.3. The van der Waals surface area contributed by atoms with E-state index in [1.165, 1.54) is 0 Å². The predicted octanol–water partition coefficient (Wildman–Crippen LogP) is 1.63. The number of hydrogen-bond donors (Lipinski definition) is 0. The third-order valence-electron chi connectivity index (χ3n) is 4.62. The summed E-state index contributed by atoms with van der Waals surface area (Å²) in [5.74, 6) is 0. The van der Waals surface area contributed by atoms with Gasteiger partial charge in [0.25, 0.3) is 0 Å². The lowest BCUT2D eigenvalue weighted by Crippen LogP contribution is -2.67. The topological polar surface area (TPSA) is 102 Å². The number of rotatable bonds is 20. The van der Waals surface area contributed by atoms with Gasteiger partial charge in [0.1, 0.15) is 0 Å². The van der Waals surface area contributed by atoms with Gasteiger partial charge in [-0.1, -0.05) is 0 Å². The average molecular weight is 567 g/mol. The average Bonchev–Trinajstić information content (AvgIpc) is 2.67. The predicted molar refractivity (Wildman–Crippen MR) is 136 cm³/mol. The lowest BCUT2D eigenvalue weighted by atomic mass is 11.5. The van der Waals surface area contributed by atoms with Crippen LogP contribution in [0.5, 0.6) is 0 Å². The maximum Gasteiger partial charge on any atom is 0.352 e. The summed E-state index contributed by atoms with van der Waals surface area (Å²) in [4.78, 5) is 0. The molecule has 0 rings (SSSR count). The number of ether oxygens (including phenoxy) is 5. The maximum atomic E-state index is 6.73. The molecule has 0 aromatic carbocycles. The molecule has 0 amide bonds. The molecular weight excluding hydrogens is 521 g/mol. The Balaban J connectivity index is 6.03. The van der Waals surface area contributed by atoms with Crippen molar-refractivity contribution in [3.05, 3.63) is 0 Å². The molecule has 4 unspecified atom stereocenters. The largest absolute Gasteiger partial charge is 0.413 e. The van der Waals surface area contributed by atoms with E-state index in [1.54, 1.807) is 49.8 Å². The van der Waals surface area contributed by atoms with Crippen molar-refractivity contribution in [2.24, 2.45) is 0 Å². The molecule has 0 saturated heterocycles. The van der Waals surface area contributed by atoms with Gasteiger partial charge in [-0.3, -0.25) is 0 Å². The van der Waals surface area contributed by atoms with Crippen molar-refractivity contribution in [3.63, 3.8) is 0 Å². The van der Waals surface area contributed by atoms with Crippen molar-refractivity contribution < 1.29 is 49.0 Å². The van der Waals surface area contributed by atoms with Gasteiger partial charge < -0.3 is 49.0 Å². The Kier molecular flexibility index (Phi) is 15.3. The Morgan fingerprint density at radius 2 is 0.515 bits per heavy atom. The van der Waals surface area contributed by atoms with Crippen molar-refractivity contribution in [3.8, 4) is 0 Å². The van der Waals surface area contributed by atoms with Crippen LogP contribution < -0.4 is 0 Å².